The van der Waals surface area contributed by atoms with Crippen molar-refractivity contribution < 1.29 is 9.59 Å². The molecule has 0 aliphatic carbocycles. The lowest BCUT2D eigenvalue weighted by atomic mass is 9.77. The highest BCUT2D eigenvalue weighted by Crippen LogP contribution is 2.42. The molecular formula is C22H41N3O2. The van der Waals surface area contributed by atoms with Crippen molar-refractivity contribution in [1.29, 1.82) is 5.41 Å². The molecular weight excluding hydrogens is 338 g/mol. The molecule has 1 rings (SSSR count). The van der Waals surface area contributed by atoms with E-state index in [1.165, 1.54) is 0 Å². The second kappa shape index (κ2) is 12.9. The molecule has 0 radical (unpaired) electrons. The van der Waals surface area contributed by atoms with E-state index in [0.717, 1.165) is 77.2 Å². The van der Waals surface area contributed by atoms with E-state index in [-0.39, 0.29) is 17.2 Å². The van der Waals surface area contributed by atoms with Crippen molar-refractivity contribution in [3.05, 3.63) is 0 Å². The molecule has 0 bridgehead atoms. The molecule has 5 nitrogen and oxygen atoms in total. The number of hydrogen-bond donors (Lipinski definition) is 2. The highest BCUT2D eigenvalue weighted by Gasteiger charge is 2.48. The molecule has 2 amide bonds. The van der Waals surface area contributed by atoms with Crippen molar-refractivity contribution in [2.75, 3.05) is 13.1 Å². The number of unbranched alkanes of at least 4 members (excludes halogenated alkanes) is 5. The van der Waals surface area contributed by atoms with Gasteiger partial charge in [0.25, 0.3) is 0 Å². The minimum Gasteiger partial charge on any atom is -0.356 e. The molecule has 1 aliphatic heterocycles. The van der Waals surface area contributed by atoms with Crippen molar-refractivity contribution in [3.8, 4) is 0 Å². The number of amides is 2. The lowest BCUT2D eigenvalue weighted by Crippen LogP contribution is -2.36. The predicted molar refractivity (Wildman–Crippen MR) is 112 cm³/mol. The number of amidine groups is 1. The van der Waals surface area contributed by atoms with Crippen LogP contribution in [0, 0.1) is 10.8 Å². The van der Waals surface area contributed by atoms with Gasteiger partial charge in [-0.1, -0.05) is 59.3 Å². The van der Waals surface area contributed by atoms with Gasteiger partial charge in [-0.3, -0.25) is 15.0 Å². The van der Waals surface area contributed by atoms with Crippen LogP contribution in [0.4, 0.5) is 0 Å². The molecule has 1 saturated heterocycles. The molecule has 5 heteroatoms. The number of nitrogens with one attached hydrogen (secondary N) is 2. The Hall–Kier alpha value is -1.39. The summed E-state index contributed by atoms with van der Waals surface area (Å²) in [5.74, 6) is 0.822. The van der Waals surface area contributed by atoms with Gasteiger partial charge in [0.2, 0.25) is 11.8 Å². The average molecular weight is 380 g/mol. The fourth-order valence-corrected chi connectivity index (χ4v) is 3.91. The molecule has 0 aromatic carbocycles. The van der Waals surface area contributed by atoms with E-state index >= 15 is 0 Å². The van der Waals surface area contributed by atoms with E-state index in [0.29, 0.717) is 25.2 Å². The molecule has 1 heterocycles. The van der Waals surface area contributed by atoms with Gasteiger partial charge in [-0.05, 0) is 32.1 Å². The van der Waals surface area contributed by atoms with Gasteiger partial charge in [0.1, 0.15) is 5.84 Å². The molecule has 0 aromatic rings. The maximum Gasteiger partial charge on any atom is 0.234 e. The molecule has 27 heavy (non-hydrogen) atoms. The van der Waals surface area contributed by atoms with Gasteiger partial charge < -0.3 is 10.2 Å². The minimum absolute atomic E-state index is 0.131. The van der Waals surface area contributed by atoms with Crippen molar-refractivity contribution in [2.24, 2.45) is 5.41 Å². The fraction of sp³-hybridized carbons (Fsp3) is 0.864. The Balaban J connectivity index is 2.40. The summed E-state index contributed by atoms with van der Waals surface area (Å²) in [5, 5.41) is 11.3. The summed E-state index contributed by atoms with van der Waals surface area (Å²) in [6.07, 6.45) is 12.1. The van der Waals surface area contributed by atoms with Crippen LogP contribution in [0.25, 0.3) is 0 Å². The quantitative estimate of drug-likeness (QED) is 0.391. The Morgan fingerprint density at radius 3 is 2.22 bits per heavy atom. The molecule has 1 aliphatic rings. The maximum absolute atomic E-state index is 13.1. The summed E-state index contributed by atoms with van der Waals surface area (Å²) in [6.45, 7) is 7.84. The SMILES string of the molecule is CCCCNC(=O)CCCCCN1C(=N)CC(CCCC)(CCCC)C1=O. The van der Waals surface area contributed by atoms with Crippen LogP contribution in [-0.4, -0.2) is 35.6 Å². The Labute approximate surface area is 166 Å². The monoisotopic (exact) mass is 379 g/mol. The first-order valence-electron chi connectivity index (χ1n) is 11.2. The Kier molecular flexibility index (Phi) is 11.3. The van der Waals surface area contributed by atoms with Gasteiger partial charge in [0.15, 0.2) is 0 Å². The molecule has 156 valence electrons. The van der Waals surface area contributed by atoms with Crippen LogP contribution >= 0.6 is 0 Å². The summed E-state index contributed by atoms with van der Waals surface area (Å²) in [4.78, 5) is 26.5. The molecule has 0 aromatic heterocycles. The first kappa shape index (κ1) is 23.6. The van der Waals surface area contributed by atoms with Gasteiger partial charge >= 0.3 is 0 Å². The van der Waals surface area contributed by atoms with Gasteiger partial charge in [-0.2, -0.15) is 0 Å². The number of likely N-dealkylation sites (tertiary alicyclic amines) is 1. The molecule has 1 fully saturated rings. The summed E-state index contributed by atoms with van der Waals surface area (Å²) in [6, 6.07) is 0. The second-order valence-electron chi connectivity index (χ2n) is 8.08. The number of carbonyl (C=O) groups is 2. The highest BCUT2D eigenvalue weighted by atomic mass is 16.2. The van der Waals surface area contributed by atoms with Gasteiger partial charge in [-0.25, -0.2) is 0 Å². The minimum atomic E-state index is -0.317. The van der Waals surface area contributed by atoms with Crippen LogP contribution in [0.2, 0.25) is 0 Å². The largest absolute Gasteiger partial charge is 0.356 e. The van der Waals surface area contributed by atoms with Crippen LogP contribution in [0.3, 0.4) is 0 Å². The fourth-order valence-electron chi connectivity index (χ4n) is 3.91. The number of carbonyl (C=O) groups excluding carboxylic acids is 2. The van der Waals surface area contributed by atoms with Gasteiger partial charge in [0.05, 0.1) is 5.41 Å². The molecule has 0 spiro atoms. The van der Waals surface area contributed by atoms with Crippen LogP contribution < -0.4 is 5.32 Å². The molecule has 2 N–H and O–H groups in total. The molecule has 0 atom stereocenters. The first-order chi connectivity index (χ1) is 13.0. The Morgan fingerprint density at radius 2 is 1.63 bits per heavy atom. The van der Waals surface area contributed by atoms with Crippen LogP contribution in [0.1, 0.15) is 104 Å². The van der Waals surface area contributed by atoms with Crippen LogP contribution in [0.15, 0.2) is 0 Å². The van der Waals surface area contributed by atoms with Crippen molar-refractivity contribution >= 4 is 17.6 Å². The van der Waals surface area contributed by atoms with Crippen molar-refractivity contribution in [2.45, 2.75) is 104 Å². The Morgan fingerprint density at radius 1 is 1.00 bits per heavy atom. The zero-order valence-electron chi connectivity index (χ0n) is 17.9. The third-order valence-corrected chi connectivity index (χ3v) is 5.69. The predicted octanol–water partition coefficient (Wildman–Crippen LogP) is 5.04. The highest BCUT2D eigenvalue weighted by molar-refractivity contribution is 6.07. The third-order valence-electron chi connectivity index (χ3n) is 5.69. The maximum atomic E-state index is 13.1. The summed E-state index contributed by atoms with van der Waals surface area (Å²) in [7, 11) is 0. The summed E-state index contributed by atoms with van der Waals surface area (Å²) < 4.78 is 0. The molecule has 0 saturated carbocycles. The van der Waals surface area contributed by atoms with Crippen LogP contribution in [0.5, 0.6) is 0 Å². The summed E-state index contributed by atoms with van der Waals surface area (Å²) in [5.41, 5.74) is -0.317. The van der Waals surface area contributed by atoms with Gasteiger partial charge in [-0.15, -0.1) is 0 Å². The van der Waals surface area contributed by atoms with E-state index in [9.17, 15) is 9.59 Å². The van der Waals surface area contributed by atoms with Crippen LogP contribution in [-0.2, 0) is 9.59 Å². The van der Waals surface area contributed by atoms with E-state index < -0.39 is 0 Å². The lowest BCUT2D eigenvalue weighted by molar-refractivity contribution is -0.135. The van der Waals surface area contributed by atoms with E-state index in [1.807, 2.05) is 0 Å². The van der Waals surface area contributed by atoms with E-state index in [1.54, 1.807) is 4.90 Å². The Bertz CT molecular complexity index is 468. The standard InChI is InChI=1S/C22H41N3O2/c1-4-7-14-22(15-8-5-2)18-19(23)25(21(22)27)17-12-10-11-13-20(26)24-16-9-6-3/h23H,4-18H2,1-3H3,(H,24,26). The van der Waals surface area contributed by atoms with Crippen molar-refractivity contribution in [1.82, 2.24) is 10.2 Å². The van der Waals surface area contributed by atoms with E-state index in [2.05, 4.69) is 26.1 Å². The number of rotatable bonds is 15. The zero-order valence-corrected chi connectivity index (χ0v) is 17.9. The van der Waals surface area contributed by atoms with E-state index in [4.69, 9.17) is 5.41 Å². The average Bonchev–Trinajstić information content (AvgIpc) is 2.89. The summed E-state index contributed by atoms with van der Waals surface area (Å²) >= 11 is 0. The topological polar surface area (TPSA) is 73.3 Å². The number of hydrogen-bond acceptors (Lipinski definition) is 3. The second-order valence-corrected chi connectivity index (χ2v) is 8.08. The van der Waals surface area contributed by atoms with Crippen molar-refractivity contribution in [3.63, 3.8) is 0 Å². The normalized spacial score (nSPS) is 16.2. The number of nitrogens with zero attached hydrogens (tertiary/aromatic N) is 1. The van der Waals surface area contributed by atoms with Gasteiger partial charge in [0, 0.05) is 25.9 Å². The zero-order chi connectivity index (χ0) is 20.1. The third kappa shape index (κ3) is 7.63. The molecule has 0 unspecified atom stereocenters. The smallest absolute Gasteiger partial charge is 0.234 e. The lowest BCUT2D eigenvalue weighted by Gasteiger charge is -2.27. The first-order valence-corrected chi connectivity index (χ1v) is 11.2.